The van der Waals surface area contributed by atoms with Crippen molar-refractivity contribution >= 4 is 33.9 Å². The van der Waals surface area contributed by atoms with Gasteiger partial charge in [0.05, 0.1) is 28.7 Å². The number of carbonyl (C=O) groups excluding carboxylic acids is 1. The molecule has 0 bridgehead atoms. The maximum absolute atomic E-state index is 12.5. The van der Waals surface area contributed by atoms with Crippen molar-refractivity contribution in [3.63, 3.8) is 0 Å². The van der Waals surface area contributed by atoms with Crippen molar-refractivity contribution in [1.29, 1.82) is 5.41 Å². The minimum atomic E-state index is -0.207. The molecule has 11 heteroatoms. The standard InChI is InChI=1S/C29H33N9O2/c1-38(2)14-3-15-40-21-9-11-23-25(17-21)37-27(35-23)19-6-4-18(5-7-19)26-34-22-10-8-20(16-24(22)36-26)28(39)32-12-13-33-29(30)31/h4-11,16-17H,3,12-15H2,1-2H3,(H,32,39)(H,34,36)(H,35,37)(H4,30,31,33). The van der Waals surface area contributed by atoms with E-state index in [9.17, 15) is 4.79 Å². The Morgan fingerprint density at radius 2 is 1.50 bits per heavy atom. The Kier molecular flexibility index (Phi) is 7.92. The molecule has 0 aliphatic heterocycles. The van der Waals surface area contributed by atoms with E-state index < -0.39 is 0 Å². The maximum atomic E-state index is 12.5. The van der Waals surface area contributed by atoms with Crippen molar-refractivity contribution in [2.45, 2.75) is 6.42 Å². The number of fused-ring (bicyclic) bond motifs is 2. The van der Waals surface area contributed by atoms with Crippen LogP contribution in [0.15, 0.2) is 60.7 Å². The Bertz CT molecular complexity index is 1640. The molecule has 0 saturated heterocycles. The lowest BCUT2D eigenvalue weighted by Gasteiger charge is -2.10. The Labute approximate surface area is 231 Å². The summed E-state index contributed by atoms with van der Waals surface area (Å²) >= 11 is 0. The van der Waals surface area contributed by atoms with Crippen molar-refractivity contribution < 1.29 is 9.53 Å². The predicted molar refractivity (Wildman–Crippen MR) is 158 cm³/mol. The van der Waals surface area contributed by atoms with E-state index in [2.05, 4.69) is 39.6 Å². The number of H-pyrrole nitrogens is 2. The van der Waals surface area contributed by atoms with Gasteiger partial charge in [-0.05, 0) is 50.8 Å². The van der Waals surface area contributed by atoms with Gasteiger partial charge in [-0.2, -0.15) is 0 Å². The fourth-order valence-electron chi connectivity index (χ4n) is 4.33. The molecular weight excluding hydrogens is 506 g/mol. The first kappa shape index (κ1) is 26.7. The Balaban J connectivity index is 1.26. The summed E-state index contributed by atoms with van der Waals surface area (Å²) in [6.45, 7) is 2.39. The molecule has 0 fully saturated rings. The number of ether oxygens (including phenoxy) is 1. The fraction of sp³-hybridized carbons (Fsp3) is 0.241. The number of hydrogen-bond donors (Lipinski definition) is 6. The molecule has 0 aliphatic rings. The number of hydrogen-bond acceptors (Lipinski definition) is 6. The molecule has 5 rings (SSSR count). The maximum Gasteiger partial charge on any atom is 0.251 e. The third-order valence-corrected chi connectivity index (χ3v) is 6.37. The van der Waals surface area contributed by atoms with Crippen LogP contribution in [0.1, 0.15) is 16.8 Å². The van der Waals surface area contributed by atoms with Crippen molar-refractivity contribution in [1.82, 2.24) is 35.5 Å². The van der Waals surface area contributed by atoms with Crippen LogP contribution >= 0.6 is 0 Å². The van der Waals surface area contributed by atoms with Crippen molar-refractivity contribution in [3.8, 4) is 28.5 Å². The van der Waals surface area contributed by atoms with E-state index in [4.69, 9.17) is 25.8 Å². The zero-order chi connectivity index (χ0) is 28.1. The number of nitrogens with zero attached hydrogens (tertiary/aromatic N) is 3. The molecule has 0 atom stereocenters. The van der Waals surface area contributed by atoms with Crippen molar-refractivity contribution in [2.75, 3.05) is 40.3 Å². The van der Waals surface area contributed by atoms with Crippen molar-refractivity contribution in [2.24, 2.45) is 5.73 Å². The van der Waals surface area contributed by atoms with Gasteiger partial charge < -0.3 is 36.0 Å². The lowest BCUT2D eigenvalue weighted by atomic mass is 10.1. The lowest BCUT2D eigenvalue weighted by Crippen LogP contribution is -2.37. The van der Waals surface area contributed by atoms with Crippen molar-refractivity contribution in [3.05, 3.63) is 66.2 Å². The van der Waals surface area contributed by atoms with Gasteiger partial charge in [0.2, 0.25) is 0 Å². The zero-order valence-corrected chi connectivity index (χ0v) is 22.5. The van der Waals surface area contributed by atoms with Crippen LogP contribution in [0.5, 0.6) is 5.75 Å². The van der Waals surface area contributed by atoms with Crippen LogP contribution in [0.25, 0.3) is 44.8 Å². The first-order chi connectivity index (χ1) is 19.4. The number of nitrogens with two attached hydrogens (primary N) is 1. The monoisotopic (exact) mass is 539 g/mol. The summed E-state index contributed by atoms with van der Waals surface area (Å²) in [6, 6.07) is 19.3. The smallest absolute Gasteiger partial charge is 0.251 e. The minimum absolute atomic E-state index is 0.128. The third-order valence-electron chi connectivity index (χ3n) is 6.37. The van der Waals surface area contributed by atoms with Gasteiger partial charge in [0.15, 0.2) is 5.96 Å². The molecule has 3 aromatic carbocycles. The molecule has 0 aliphatic carbocycles. The molecule has 5 aromatic rings. The van der Waals surface area contributed by atoms with Gasteiger partial charge in [0, 0.05) is 42.4 Å². The molecular formula is C29H33N9O2. The second kappa shape index (κ2) is 11.9. The number of carbonyl (C=O) groups is 1. The van der Waals surface area contributed by atoms with E-state index in [1.54, 1.807) is 12.1 Å². The van der Waals surface area contributed by atoms with Gasteiger partial charge in [-0.15, -0.1) is 0 Å². The van der Waals surface area contributed by atoms with E-state index in [0.29, 0.717) is 31.1 Å². The molecule has 11 nitrogen and oxygen atoms in total. The molecule has 0 radical (unpaired) electrons. The number of rotatable bonds is 11. The molecule has 0 spiro atoms. The van der Waals surface area contributed by atoms with Gasteiger partial charge in [0.25, 0.3) is 5.91 Å². The van der Waals surface area contributed by atoms with E-state index in [1.807, 2.05) is 48.5 Å². The first-order valence-corrected chi connectivity index (χ1v) is 13.1. The fourth-order valence-corrected chi connectivity index (χ4v) is 4.33. The summed E-state index contributed by atoms with van der Waals surface area (Å²) in [4.78, 5) is 30.8. The minimum Gasteiger partial charge on any atom is -0.493 e. The highest BCUT2D eigenvalue weighted by molar-refractivity contribution is 5.97. The Morgan fingerprint density at radius 1 is 0.900 bits per heavy atom. The van der Waals surface area contributed by atoms with Gasteiger partial charge in [-0.25, -0.2) is 9.97 Å². The number of imidazole rings is 2. The zero-order valence-electron chi connectivity index (χ0n) is 22.5. The highest BCUT2D eigenvalue weighted by atomic mass is 16.5. The van der Waals surface area contributed by atoms with Gasteiger partial charge in [-0.3, -0.25) is 10.2 Å². The third kappa shape index (κ3) is 6.38. The number of benzene rings is 3. The second-order valence-corrected chi connectivity index (χ2v) is 9.76. The van der Waals surface area contributed by atoms with Gasteiger partial charge in [-0.1, -0.05) is 24.3 Å². The van der Waals surface area contributed by atoms with Crippen LogP contribution < -0.4 is 21.1 Å². The number of aromatic amines is 2. The Morgan fingerprint density at radius 3 is 2.12 bits per heavy atom. The summed E-state index contributed by atoms with van der Waals surface area (Å²) in [7, 11) is 4.11. The summed E-state index contributed by atoms with van der Waals surface area (Å²) in [6.07, 6.45) is 0.967. The normalized spacial score (nSPS) is 11.3. The average molecular weight is 540 g/mol. The molecule has 1 amide bonds. The molecule has 0 saturated carbocycles. The van der Waals surface area contributed by atoms with Gasteiger partial charge >= 0.3 is 0 Å². The largest absolute Gasteiger partial charge is 0.493 e. The lowest BCUT2D eigenvalue weighted by molar-refractivity contribution is 0.0954. The summed E-state index contributed by atoms with van der Waals surface area (Å²) < 4.78 is 5.90. The highest BCUT2D eigenvalue weighted by Gasteiger charge is 2.12. The number of nitrogens with one attached hydrogen (secondary N) is 5. The first-order valence-electron chi connectivity index (χ1n) is 13.1. The molecule has 0 unspecified atom stereocenters. The van der Waals surface area contributed by atoms with Crippen LogP contribution in [0.2, 0.25) is 0 Å². The SMILES string of the molecule is CN(C)CCCOc1ccc2nc(-c3ccc(-c4nc5ccc(C(=O)NCCNC(=N)N)cc5[nH]4)cc3)[nH]c2c1. The number of amides is 1. The quantitative estimate of drug-likeness (QED) is 0.0852. The number of aromatic nitrogens is 4. The molecule has 206 valence electrons. The second-order valence-electron chi connectivity index (χ2n) is 9.76. The summed E-state index contributed by atoms with van der Waals surface area (Å²) in [5.41, 5.74) is 11.0. The van der Waals surface area contributed by atoms with E-state index in [0.717, 1.165) is 57.7 Å². The molecule has 2 heterocycles. The average Bonchev–Trinajstić information content (AvgIpc) is 3.57. The Hall–Kier alpha value is -4.90. The molecule has 40 heavy (non-hydrogen) atoms. The van der Waals surface area contributed by atoms with E-state index in [-0.39, 0.29) is 11.9 Å². The van der Waals surface area contributed by atoms with Crippen LogP contribution in [0.3, 0.4) is 0 Å². The molecule has 7 N–H and O–H groups in total. The van der Waals surface area contributed by atoms with Crippen LogP contribution in [0.4, 0.5) is 0 Å². The molecule has 2 aromatic heterocycles. The summed E-state index contributed by atoms with van der Waals surface area (Å²) in [5.74, 6) is 1.99. The summed E-state index contributed by atoms with van der Waals surface area (Å²) in [5, 5.41) is 12.6. The van der Waals surface area contributed by atoms with Crippen LogP contribution in [-0.2, 0) is 0 Å². The topological polar surface area (TPSA) is 161 Å². The predicted octanol–water partition coefficient (Wildman–Crippen LogP) is 3.32. The van der Waals surface area contributed by atoms with Crippen LogP contribution in [-0.4, -0.2) is 77.0 Å². The van der Waals surface area contributed by atoms with Gasteiger partial charge in [0.1, 0.15) is 17.4 Å². The van der Waals surface area contributed by atoms with E-state index in [1.165, 1.54) is 0 Å². The number of guanidine groups is 1. The van der Waals surface area contributed by atoms with E-state index >= 15 is 0 Å². The van der Waals surface area contributed by atoms with Crippen LogP contribution in [0, 0.1) is 5.41 Å². The highest BCUT2D eigenvalue weighted by Crippen LogP contribution is 2.27.